The number of aromatic amines is 1. The Morgan fingerprint density at radius 3 is 3.08 bits per heavy atom. The van der Waals surface area contributed by atoms with Crippen molar-refractivity contribution >= 4 is 17.1 Å². The number of rotatable bonds is 1. The van der Waals surface area contributed by atoms with Crippen LogP contribution in [0.2, 0.25) is 0 Å². The molecule has 0 unspecified atom stereocenters. The second-order valence-electron chi connectivity index (χ2n) is 2.53. The number of hydrogen-bond donors (Lipinski definition) is 2. The van der Waals surface area contributed by atoms with Gasteiger partial charge in [-0.1, -0.05) is 23.4 Å². The predicted molar refractivity (Wildman–Crippen MR) is 47.7 cm³/mol. The lowest BCUT2D eigenvalue weighted by atomic mass is 10.2. The molecule has 3 nitrogen and oxygen atoms in total. The maximum Gasteiger partial charge on any atom is 0.0754 e. The number of oxime groups is 1. The molecule has 2 N–H and O–H groups in total. The van der Waals surface area contributed by atoms with E-state index in [1.807, 2.05) is 30.5 Å². The van der Waals surface area contributed by atoms with E-state index in [-0.39, 0.29) is 0 Å². The topological polar surface area (TPSA) is 48.4 Å². The van der Waals surface area contributed by atoms with Crippen LogP contribution >= 0.6 is 0 Å². The van der Waals surface area contributed by atoms with E-state index >= 15 is 0 Å². The van der Waals surface area contributed by atoms with E-state index in [9.17, 15) is 0 Å². The van der Waals surface area contributed by atoms with Gasteiger partial charge in [0.2, 0.25) is 0 Å². The van der Waals surface area contributed by atoms with Crippen molar-refractivity contribution in [3.8, 4) is 0 Å². The Morgan fingerprint density at radius 1 is 1.33 bits per heavy atom. The predicted octanol–water partition coefficient (Wildman–Crippen LogP) is 1.98. The average molecular weight is 160 g/mol. The molecule has 0 aliphatic heterocycles. The first-order valence-corrected chi connectivity index (χ1v) is 3.65. The Labute approximate surface area is 69.3 Å². The minimum Gasteiger partial charge on any atom is -0.411 e. The van der Waals surface area contributed by atoms with Crippen LogP contribution in [0, 0.1) is 0 Å². The summed E-state index contributed by atoms with van der Waals surface area (Å²) in [5.41, 5.74) is 1.88. The van der Waals surface area contributed by atoms with E-state index < -0.39 is 0 Å². The van der Waals surface area contributed by atoms with Gasteiger partial charge in [0.1, 0.15) is 0 Å². The van der Waals surface area contributed by atoms with E-state index in [2.05, 4.69) is 10.1 Å². The highest BCUT2D eigenvalue weighted by Crippen LogP contribution is 2.14. The van der Waals surface area contributed by atoms with Crippen LogP contribution in [0.1, 0.15) is 5.56 Å². The number of benzene rings is 1. The molecular weight excluding hydrogens is 152 g/mol. The van der Waals surface area contributed by atoms with Crippen molar-refractivity contribution in [3.63, 3.8) is 0 Å². The van der Waals surface area contributed by atoms with Crippen molar-refractivity contribution in [3.05, 3.63) is 36.0 Å². The molecule has 60 valence electrons. The van der Waals surface area contributed by atoms with Crippen LogP contribution in [0.25, 0.3) is 10.9 Å². The summed E-state index contributed by atoms with van der Waals surface area (Å²) >= 11 is 0. The van der Waals surface area contributed by atoms with Crippen LogP contribution in [0.3, 0.4) is 0 Å². The molecule has 0 saturated carbocycles. The van der Waals surface area contributed by atoms with Gasteiger partial charge in [-0.3, -0.25) is 0 Å². The lowest BCUT2D eigenvalue weighted by molar-refractivity contribution is 0.322. The van der Waals surface area contributed by atoms with Crippen LogP contribution < -0.4 is 0 Å². The van der Waals surface area contributed by atoms with Crippen LogP contribution in [-0.4, -0.2) is 16.4 Å². The first-order valence-electron chi connectivity index (χ1n) is 3.65. The second-order valence-corrected chi connectivity index (χ2v) is 2.53. The van der Waals surface area contributed by atoms with Crippen LogP contribution in [0.4, 0.5) is 0 Å². The molecule has 0 aliphatic carbocycles. The van der Waals surface area contributed by atoms with Crippen molar-refractivity contribution in [2.24, 2.45) is 5.16 Å². The van der Waals surface area contributed by atoms with Gasteiger partial charge < -0.3 is 10.2 Å². The molecule has 0 saturated heterocycles. The molecule has 12 heavy (non-hydrogen) atoms. The van der Waals surface area contributed by atoms with Gasteiger partial charge in [0.15, 0.2) is 0 Å². The highest BCUT2D eigenvalue weighted by molar-refractivity contribution is 5.97. The summed E-state index contributed by atoms with van der Waals surface area (Å²) in [5.74, 6) is 0. The minimum absolute atomic E-state index is 0.889. The monoisotopic (exact) mass is 160 g/mol. The Balaban J connectivity index is 2.73. The minimum atomic E-state index is 0.889. The highest BCUT2D eigenvalue weighted by atomic mass is 16.4. The summed E-state index contributed by atoms with van der Waals surface area (Å²) in [6, 6.07) is 7.79. The molecule has 0 aliphatic rings. The Hall–Kier alpha value is -1.77. The zero-order chi connectivity index (χ0) is 8.39. The molecule has 0 fully saturated rings. The third kappa shape index (κ3) is 0.955. The fourth-order valence-electron chi connectivity index (χ4n) is 1.28. The molecule has 0 spiro atoms. The van der Waals surface area contributed by atoms with E-state index in [1.165, 1.54) is 6.21 Å². The largest absolute Gasteiger partial charge is 0.411 e. The quantitative estimate of drug-likeness (QED) is 0.374. The van der Waals surface area contributed by atoms with Gasteiger partial charge in [0, 0.05) is 17.1 Å². The summed E-state index contributed by atoms with van der Waals surface area (Å²) in [7, 11) is 0. The Kier molecular flexibility index (Phi) is 1.55. The van der Waals surface area contributed by atoms with Gasteiger partial charge in [0.25, 0.3) is 0 Å². The fraction of sp³-hybridized carbons (Fsp3) is 0. The summed E-state index contributed by atoms with van der Waals surface area (Å²) in [5, 5.41) is 12.5. The number of para-hydroxylation sites is 1. The molecule has 1 aromatic heterocycles. The standard InChI is InChI=1S/C9H8N2O/c12-11-6-8-3-1-2-7-4-5-10-9(7)8/h1-6,10,12H. The summed E-state index contributed by atoms with van der Waals surface area (Å²) in [6.45, 7) is 0. The summed E-state index contributed by atoms with van der Waals surface area (Å²) < 4.78 is 0. The Bertz CT molecular complexity index is 417. The molecule has 0 amide bonds. The van der Waals surface area contributed by atoms with Crippen LogP contribution in [-0.2, 0) is 0 Å². The number of nitrogens with zero attached hydrogens (tertiary/aromatic N) is 1. The first-order chi connectivity index (χ1) is 5.92. The molecule has 0 bridgehead atoms. The molecule has 0 radical (unpaired) electrons. The van der Waals surface area contributed by atoms with Crippen LogP contribution in [0.5, 0.6) is 0 Å². The molecule has 3 heteroatoms. The van der Waals surface area contributed by atoms with Crippen LogP contribution in [0.15, 0.2) is 35.6 Å². The number of aromatic nitrogens is 1. The van der Waals surface area contributed by atoms with Gasteiger partial charge in [-0.2, -0.15) is 0 Å². The normalized spacial score (nSPS) is 11.3. The first kappa shape index (κ1) is 6.91. The lowest BCUT2D eigenvalue weighted by Gasteiger charge is -1.93. The molecule has 2 rings (SSSR count). The maximum absolute atomic E-state index is 8.37. The van der Waals surface area contributed by atoms with Crippen molar-refractivity contribution in [1.29, 1.82) is 0 Å². The van der Waals surface area contributed by atoms with Crippen molar-refractivity contribution in [2.45, 2.75) is 0 Å². The van der Waals surface area contributed by atoms with E-state index in [4.69, 9.17) is 5.21 Å². The molecule has 2 aromatic rings. The summed E-state index contributed by atoms with van der Waals surface area (Å²) in [4.78, 5) is 3.07. The van der Waals surface area contributed by atoms with Gasteiger partial charge in [-0.25, -0.2) is 0 Å². The maximum atomic E-state index is 8.37. The van der Waals surface area contributed by atoms with E-state index in [1.54, 1.807) is 0 Å². The fourth-order valence-corrected chi connectivity index (χ4v) is 1.28. The molecule has 1 aromatic carbocycles. The van der Waals surface area contributed by atoms with Gasteiger partial charge in [0.05, 0.1) is 11.7 Å². The van der Waals surface area contributed by atoms with Crippen molar-refractivity contribution < 1.29 is 5.21 Å². The Morgan fingerprint density at radius 2 is 2.25 bits per heavy atom. The smallest absolute Gasteiger partial charge is 0.0754 e. The number of H-pyrrole nitrogens is 1. The molecule has 0 atom stereocenters. The SMILES string of the molecule is ON=Cc1cccc2cc[nH]c12. The van der Waals surface area contributed by atoms with Gasteiger partial charge >= 0.3 is 0 Å². The van der Waals surface area contributed by atoms with Gasteiger partial charge in [-0.05, 0) is 6.07 Å². The van der Waals surface area contributed by atoms with Crippen molar-refractivity contribution in [2.75, 3.05) is 0 Å². The zero-order valence-corrected chi connectivity index (χ0v) is 6.36. The van der Waals surface area contributed by atoms with E-state index in [0.29, 0.717) is 0 Å². The van der Waals surface area contributed by atoms with Gasteiger partial charge in [-0.15, -0.1) is 0 Å². The average Bonchev–Trinajstić information content (AvgIpc) is 2.53. The second kappa shape index (κ2) is 2.70. The van der Waals surface area contributed by atoms with Crippen molar-refractivity contribution in [1.82, 2.24) is 4.98 Å². The lowest BCUT2D eigenvalue weighted by Crippen LogP contribution is -1.82. The third-order valence-corrected chi connectivity index (χ3v) is 1.82. The molecular formula is C9H8N2O. The number of hydrogen-bond acceptors (Lipinski definition) is 2. The molecule has 1 heterocycles. The number of fused-ring (bicyclic) bond motifs is 1. The third-order valence-electron chi connectivity index (χ3n) is 1.82. The zero-order valence-electron chi connectivity index (χ0n) is 6.36. The summed E-state index contributed by atoms with van der Waals surface area (Å²) in [6.07, 6.45) is 3.28. The number of nitrogens with one attached hydrogen (secondary N) is 1. The van der Waals surface area contributed by atoms with E-state index in [0.717, 1.165) is 16.5 Å². The highest BCUT2D eigenvalue weighted by Gasteiger charge is 1.97.